The van der Waals surface area contributed by atoms with Crippen molar-refractivity contribution in [1.82, 2.24) is 4.90 Å². The molecular weight excluding hydrogens is 228 g/mol. The summed E-state index contributed by atoms with van der Waals surface area (Å²) in [4.78, 5) is 3.54. The van der Waals surface area contributed by atoms with Crippen LogP contribution in [0.4, 0.5) is 5.69 Å². The second-order valence-electron chi connectivity index (χ2n) is 4.37. The van der Waals surface area contributed by atoms with Gasteiger partial charge in [-0.15, -0.1) is 11.3 Å². The predicted octanol–water partition coefficient (Wildman–Crippen LogP) is 3.42. The van der Waals surface area contributed by atoms with E-state index in [0.717, 1.165) is 13.1 Å². The summed E-state index contributed by atoms with van der Waals surface area (Å²) >= 11 is 1.78. The van der Waals surface area contributed by atoms with Gasteiger partial charge in [-0.1, -0.05) is 18.2 Å². The summed E-state index contributed by atoms with van der Waals surface area (Å²) in [5, 5.41) is 5.53. The average Bonchev–Trinajstić information content (AvgIpc) is 2.80. The van der Waals surface area contributed by atoms with Crippen LogP contribution in [-0.2, 0) is 13.1 Å². The molecular formula is C14H18N2S. The van der Waals surface area contributed by atoms with Gasteiger partial charge in [0.1, 0.15) is 0 Å². The van der Waals surface area contributed by atoms with Gasteiger partial charge in [-0.05, 0) is 43.2 Å². The summed E-state index contributed by atoms with van der Waals surface area (Å²) in [6, 6.07) is 12.9. The Labute approximate surface area is 107 Å². The Morgan fingerprint density at radius 3 is 2.47 bits per heavy atom. The van der Waals surface area contributed by atoms with Crippen LogP contribution in [0.25, 0.3) is 0 Å². The summed E-state index contributed by atoms with van der Waals surface area (Å²) in [6.45, 7) is 1.90. The minimum absolute atomic E-state index is 0.907. The highest BCUT2D eigenvalue weighted by Crippen LogP contribution is 2.14. The third-order valence-electron chi connectivity index (χ3n) is 2.50. The van der Waals surface area contributed by atoms with Crippen molar-refractivity contribution in [3.8, 4) is 0 Å². The molecule has 0 aliphatic heterocycles. The average molecular weight is 246 g/mol. The number of hydrogen-bond acceptors (Lipinski definition) is 3. The number of benzene rings is 1. The van der Waals surface area contributed by atoms with E-state index >= 15 is 0 Å². The zero-order chi connectivity index (χ0) is 12.1. The Balaban J connectivity index is 1.89. The van der Waals surface area contributed by atoms with E-state index in [-0.39, 0.29) is 0 Å². The van der Waals surface area contributed by atoms with Crippen LogP contribution in [0.2, 0.25) is 0 Å². The van der Waals surface area contributed by atoms with Crippen LogP contribution >= 0.6 is 11.3 Å². The number of hydrogen-bond donors (Lipinski definition) is 1. The van der Waals surface area contributed by atoms with E-state index in [1.165, 1.54) is 16.1 Å². The van der Waals surface area contributed by atoms with E-state index < -0.39 is 0 Å². The van der Waals surface area contributed by atoms with Crippen molar-refractivity contribution >= 4 is 17.0 Å². The molecule has 0 atom stereocenters. The van der Waals surface area contributed by atoms with E-state index in [2.05, 4.69) is 66.1 Å². The maximum atomic E-state index is 3.42. The van der Waals surface area contributed by atoms with E-state index in [9.17, 15) is 0 Å². The van der Waals surface area contributed by atoms with Gasteiger partial charge in [0, 0.05) is 23.7 Å². The molecule has 1 N–H and O–H groups in total. The molecule has 0 aliphatic rings. The van der Waals surface area contributed by atoms with E-state index in [4.69, 9.17) is 0 Å². The molecule has 17 heavy (non-hydrogen) atoms. The number of anilines is 1. The lowest BCUT2D eigenvalue weighted by Gasteiger charge is -2.10. The highest BCUT2D eigenvalue weighted by Gasteiger charge is 1.97. The molecule has 3 heteroatoms. The normalized spacial score (nSPS) is 10.8. The first-order valence-corrected chi connectivity index (χ1v) is 6.62. The molecule has 0 amide bonds. The number of rotatable bonds is 5. The lowest BCUT2D eigenvalue weighted by atomic mass is 10.2. The van der Waals surface area contributed by atoms with Crippen molar-refractivity contribution in [3.05, 3.63) is 52.2 Å². The quantitative estimate of drug-likeness (QED) is 0.869. The van der Waals surface area contributed by atoms with Gasteiger partial charge in [-0.25, -0.2) is 0 Å². The molecule has 1 aromatic heterocycles. The lowest BCUT2D eigenvalue weighted by Crippen LogP contribution is -2.10. The standard InChI is InChI=1S/C14H18N2S/c1-16(2)11-12-5-7-13(8-6-12)15-10-14-4-3-9-17-14/h3-9,15H,10-11H2,1-2H3. The van der Waals surface area contributed by atoms with Gasteiger partial charge in [0.15, 0.2) is 0 Å². The summed E-state index contributed by atoms with van der Waals surface area (Å²) < 4.78 is 0. The largest absolute Gasteiger partial charge is 0.380 e. The fourth-order valence-electron chi connectivity index (χ4n) is 1.70. The monoisotopic (exact) mass is 246 g/mol. The third kappa shape index (κ3) is 3.88. The van der Waals surface area contributed by atoms with Crippen LogP contribution in [0.15, 0.2) is 41.8 Å². The highest BCUT2D eigenvalue weighted by molar-refractivity contribution is 7.09. The van der Waals surface area contributed by atoms with Crippen LogP contribution in [0, 0.1) is 0 Å². The number of nitrogens with one attached hydrogen (secondary N) is 1. The Morgan fingerprint density at radius 2 is 1.88 bits per heavy atom. The zero-order valence-electron chi connectivity index (χ0n) is 10.3. The topological polar surface area (TPSA) is 15.3 Å². The molecule has 1 heterocycles. The Morgan fingerprint density at radius 1 is 1.12 bits per heavy atom. The molecule has 2 aromatic rings. The van der Waals surface area contributed by atoms with Gasteiger partial charge in [-0.3, -0.25) is 0 Å². The first kappa shape index (κ1) is 12.1. The van der Waals surface area contributed by atoms with Gasteiger partial charge in [0.2, 0.25) is 0 Å². The van der Waals surface area contributed by atoms with Crippen molar-refractivity contribution in [2.45, 2.75) is 13.1 Å². The Hall–Kier alpha value is -1.32. The van der Waals surface area contributed by atoms with E-state index in [0.29, 0.717) is 0 Å². The molecule has 0 saturated heterocycles. The van der Waals surface area contributed by atoms with E-state index in [1.807, 2.05) is 0 Å². The molecule has 2 rings (SSSR count). The predicted molar refractivity (Wildman–Crippen MR) is 75.5 cm³/mol. The Bertz CT molecular complexity index is 432. The molecule has 0 radical (unpaired) electrons. The summed E-state index contributed by atoms with van der Waals surface area (Å²) in [7, 11) is 4.17. The van der Waals surface area contributed by atoms with Crippen LogP contribution in [0.5, 0.6) is 0 Å². The van der Waals surface area contributed by atoms with Crippen molar-refractivity contribution in [2.75, 3.05) is 19.4 Å². The molecule has 0 unspecified atom stereocenters. The molecule has 0 aliphatic carbocycles. The molecule has 0 spiro atoms. The van der Waals surface area contributed by atoms with Crippen molar-refractivity contribution in [1.29, 1.82) is 0 Å². The minimum Gasteiger partial charge on any atom is -0.380 e. The second kappa shape index (κ2) is 5.84. The van der Waals surface area contributed by atoms with Gasteiger partial charge >= 0.3 is 0 Å². The van der Waals surface area contributed by atoms with Gasteiger partial charge < -0.3 is 10.2 Å². The minimum atomic E-state index is 0.907. The molecule has 0 fully saturated rings. The maximum absolute atomic E-state index is 3.42. The fraction of sp³-hybridized carbons (Fsp3) is 0.286. The zero-order valence-corrected chi connectivity index (χ0v) is 11.1. The van der Waals surface area contributed by atoms with Crippen LogP contribution in [0.1, 0.15) is 10.4 Å². The third-order valence-corrected chi connectivity index (χ3v) is 3.38. The molecule has 1 aromatic carbocycles. The Kier molecular flexibility index (Phi) is 4.18. The summed E-state index contributed by atoms with van der Waals surface area (Å²) in [5.41, 5.74) is 2.53. The van der Waals surface area contributed by atoms with Gasteiger partial charge in [0.25, 0.3) is 0 Å². The molecule has 0 saturated carbocycles. The molecule has 0 bridgehead atoms. The van der Waals surface area contributed by atoms with Crippen LogP contribution < -0.4 is 5.32 Å². The van der Waals surface area contributed by atoms with Crippen molar-refractivity contribution in [2.24, 2.45) is 0 Å². The smallest absolute Gasteiger partial charge is 0.0494 e. The van der Waals surface area contributed by atoms with E-state index in [1.54, 1.807) is 11.3 Å². The van der Waals surface area contributed by atoms with Crippen molar-refractivity contribution in [3.63, 3.8) is 0 Å². The fourth-order valence-corrected chi connectivity index (χ4v) is 2.34. The van der Waals surface area contributed by atoms with Crippen molar-refractivity contribution < 1.29 is 0 Å². The maximum Gasteiger partial charge on any atom is 0.0494 e. The molecule has 2 nitrogen and oxygen atoms in total. The number of thiophene rings is 1. The van der Waals surface area contributed by atoms with Gasteiger partial charge in [0.05, 0.1) is 0 Å². The lowest BCUT2D eigenvalue weighted by molar-refractivity contribution is 0.402. The van der Waals surface area contributed by atoms with Gasteiger partial charge in [-0.2, -0.15) is 0 Å². The highest BCUT2D eigenvalue weighted by atomic mass is 32.1. The first-order valence-electron chi connectivity index (χ1n) is 5.74. The summed E-state index contributed by atoms with van der Waals surface area (Å²) in [5.74, 6) is 0. The SMILES string of the molecule is CN(C)Cc1ccc(NCc2cccs2)cc1. The van der Waals surface area contributed by atoms with Crippen LogP contribution in [0.3, 0.4) is 0 Å². The summed E-state index contributed by atoms with van der Waals surface area (Å²) in [6.07, 6.45) is 0. The second-order valence-corrected chi connectivity index (χ2v) is 5.40. The number of nitrogens with zero attached hydrogens (tertiary/aromatic N) is 1. The van der Waals surface area contributed by atoms with Crippen LogP contribution in [-0.4, -0.2) is 19.0 Å². The molecule has 90 valence electrons. The first-order chi connectivity index (χ1) is 8.24.